The Bertz CT molecular complexity index is 1950. The summed E-state index contributed by atoms with van der Waals surface area (Å²) in [5, 5.41) is 11.5. The summed E-state index contributed by atoms with van der Waals surface area (Å²) in [7, 11) is -3.61. The van der Waals surface area contributed by atoms with E-state index in [1.165, 1.54) is 39.6 Å². The number of halogens is 1. The van der Waals surface area contributed by atoms with Crippen molar-refractivity contribution in [2.45, 2.75) is 5.03 Å². The number of carbonyl (C=O) groups excluding carboxylic acids is 1. The molecule has 0 saturated heterocycles. The minimum Gasteiger partial charge on any atom is -0.305 e. The third-order valence-electron chi connectivity index (χ3n) is 5.70. The molecule has 0 radical (unpaired) electrons. The summed E-state index contributed by atoms with van der Waals surface area (Å²) in [6.45, 7) is 0. The second-order valence-electron chi connectivity index (χ2n) is 8.37. The maximum atomic E-state index is 13.6. The van der Waals surface area contributed by atoms with Crippen LogP contribution in [0.15, 0.2) is 84.3 Å². The summed E-state index contributed by atoms with van der Waals surface area (Å²) < 4.78 is 40.9. The highest BCUT2D eigenvalue weighted by molar-refractivity contribution is 7.90. The third-order valence-corrected chi connectivity index (χ3v) is 6.67. The van der Waals surface area contributed by atoms with Crippen molar-refractivity contribution in [2.24, 2.45) is 0 Å². The van der Waals surface area contributed by atoms with Gasteiger partial charge in [-0.15, -0.1) is 0 Å². The molecular formula is C25H17FN8O3S. The van der Waals surface area contributed by atoms with Crippen molar-refractivity contribution in [1.29, 1.82) is 0 Å². The molecule has 0 aliphatic heterocycles. The normalized spacial score (nSPS) is 11.7. The molecule has 188 valence electrons. The number of sulfone groups is 1. The molecular weight excluding hydrogens is 511 g/mol. The molecule has 1 amide bonds. The lowest BCUT2D eigenvalue weighted by atomic mass is 10.1. The van der Waals surface area contributed by atoms with Crippen LogP contribution in [0.25, 0.3) is 33.9 Å². The summed E-state index contributed by atoms with van der Waals surface area (Å²) in [6.07, 6.45) is 5.65. The van der Waals surface area contributed by atoms with Crippen molar-refractivity contribution >= 4 is 32.9 Å². The van der Waals surface area contributed by atoms with Gasteiger partial charge in [0.1, 0.15) is 22.9 Å². The predicted octanol–water partition coefficient (Wildman–Crippen LogP) is 3.30. The molecule has 0 aliphatic carbocycles. The van der Waals surface area contributed by atoms with Crippen LogP contribution in [0.3, 0.4) is 0 Å². The fraction of sp³-hybridized carbons (Fsp3) is 0.0400. The summed E-state index contributed by atoms with van der Waals surface area (Å²) in [6, 6.07) is 15.2. The predicted molar refractivity (Wildman–Crippen MR) is 136 cm³/mol. The molecule has 0 bridgehead atoms. The first kappa shape index (κ1) is 23.4. The molecule has 0 saturated carbocycles. The lowest BCUT2D eigenvalue weighted by Gasteiger charge is -2.06. The molecule has 1 aromatic carbocycles. The van der Waals surface area contributed by atoms with Gasteiger partial charge in [-0.1, -0.05) is 0 Å². The molecule has 6 aromatic rings. The van der Waals surface area contributed by atoms with Crippen LogP contribution >= 0.6 is 0 Å². The van der Waals surface area contributed by atoms with E-state index in [9.17, 15) is 17.6 Å². The van der Waals surface area contributed by atoms with Gasteiger partial charge in [0.2, 0.25) is 0 Å². The highest BCUT2D eigenvalue weighted by Gasteiger charge is 2.21. The van der Waals surface area contributed by atoms with Crippen LogP contribution in [0.2, 0.25) is 0 Å². The Kier molecular flexibility index (Phi) is 5.42. The lowest BCUT2D eigenvalue weighted by Crippen LogP contribution is -2.11. The Morgan fingerprint density at radius 1 is 0.895 bits per heavy atom. The van der Waals surface area contributed by atoms with Gasteiger partial charge >= 0.3 is 0 Å². The largest absolute Gasteiger partial charge is 0.305 e. The summed E-state index contributed by atoms with van der Waals surface area (Å²) in [5.74, 6) is -0.476. The van der Waals surface area contributed by atoms with E-state index >= 15 is 0 Å². The molecule has 11 nitrogen and oxygen atoms in total. The number of nitrogens with zero attached hydrogens (tertiary/aromatic N) is 7. The van der Waals surface area contributed by atoms with E-state index in [4.69, 9.17) is 0 Å². The van der Waals surface area contributed by atoms with Gasteiger partial charge in [-0.25, -0.2) is 31.8 Å². The molecule has 0 aliphatic rings. The van der Waals surface area contributed by atoms with Crippen LogP contribution in [0.5, 0.6) is 0 Å². The summed E-state index contributed by atoms with van der Waals surface area (Å²) in [5.41, 5.74) is 3.08. The molecule has 6 rings (SSSR count). The number of pyridine rings is 1. The minimum absolute atomic E-state index is 0.140. The SMILES string of the molecule is CS(=O)(=O)c1ccc2nc(-c3ccc(F)cc3)c(-c3ccc4nc(NC(=O)c5ccncc5)cn4n3)n2n1. The quantitative estimate of drug-likeness (QED) is 0.360. The second-order valence-corrected chi connectivity index (χ2v) is 10.3. The lowest BCUT2D eigenvalue weighted by molar-refractivity contribution is 0.102. The standard InChI is InChI=1S/C25H17FN8O3S/c1-38(36,37)22-9-8-21-30-23(15-2-4-17(26)5-3-15)24(34(21)32-22)18-6-7-20-28-19(14-33(20)31-18)29-25(35)16-10-12-27-13-11-16/h2-14H,1H3,(H,29,35). The number of fused-ring (bicyclic) bond motifs is 2. The molecule has 13 heteroatoms. The summed E-state index contributed by atoms with van der Waals surface area (Å²) >= 11 is 0. The molecule has 5 heterocycles. The molecule has 0 spiro atoms. The first-order valence-corrected chi connectivity index (χ1v) is 13.1. The minimum atomic E-state index is -3.61. The number of amides is 1. The number of carbonyl (C=O) groups is 1. The van der Waals surface area contributed by atoms with Crippen LogP contribution in [0, 0.1) is 5.82 Å². The number of imidazole rings is 2. The van der Waals surface area contributed by atoms with Crippen LogP contribution in [0.4, 0.5) is 10.2 Å². The van der Waals surface area contributed by atoms with E-state index in [1.807, 2.05) is 0 Å². The average molecular weight is 529 g/mol. The van der Waals surface area contributed by atoms with E-state index in [0.717, 1.165) is 6.26 Å². The first-order valence-electron chi connectivity index (χ1n) is 11.2. The van der Waals surface area contributed by atoms with E-state index in [0.29, 0.717) is 39.5 Å². The van der Waals surface area contributed by atoms with Crippen molar-refractivity contribution < 1.29 is 17.6 Å². The monoisotopic (exact) mass is 528 g/mol. The van der Waals surface area contributed by atoms with Crippen LogP contribution in [-0.2, 0) is 9.84 Å². The molecule has 0 atom stereocenters. The molecule has 5 aromatic heterocycles. The fourth-order valence-corrected chi connectivity index (χ4v) is 4.46. The average Bonchev–Trinajstić information content (AvgIpc) is 3.49. The topological polar surface area (TPSA) is 137 Å². The Labute approximate surface area is 214 Å². The van der Waals surface area contributed by atoms with E-state index in [1.54, 1.807) is 48.7 Å². The van der Waals surface area contributed by atoms with E-state index < -0.39 is 15.7 Å². The van der Waals surface area contributed by atoms with Crippen molar-refractivity contribution in [3.63, 3.8) is 0 Å². The van der Waals surface area contributed by atoms with Gasteiger partial charge in [0.15, 0.2) is 32.0 Å². The zero-order chi connectivity index (χ0) is 26.4. The maximum Gasteiger partial charge on any atom is 0.256 e. The van der Waals surface area contributed by atoms with E-state index in [2.05, 4.69) is 30.5 Å². The van der Waals surface area contributed by atoms with Gasteiger partial charge in [0.05, 0.1) is 6.20 Å². The van der Waals surface area contributed by atoms with Crippen LogP contribution in [-0.4, -0.2) is 54.8 Å². The van der Waals surface area contributed by atoms with Gasteiger partial charge in [-0.3, -0.25) is 9.78 Å². The Morgan fingerprint density at radius 2 is 1.63 bits per heavy atom. The maximum absolute atomic E-state index is 13.6. The second kappa shape index (κ2) is 8.81. The first-order chi connectivity index (χ1) is 18.3. The molecule has 0 unspecified atom stereocenters. The highest BCUT2D eigenvalue weighted by Crippen LogP contribution is 2.32. The third kappa shape index (κ3) is 4.24. The van der Waals surface area contributed by atoms with Gasteiger partial charge in [-0.2, -0.15) is 10.2 Å². The van der Waals surface area contributed by atoms with Crippen LogP contribution in [0.1, 0.15) is 10.4 Å². The number of rotatable bonds is 5. The Morgan fingerprint density at radius 3 is 2.37 bits per heavy atom. The molecule has 1 N–H and O–H groups in total. The zero-order valence-electron chi connectivity index (χ0n) is 19.6. The molecule has 0 fully saturated rings. The van der Waals surface area contributed by atoms with Gasteiger partial charge < -0.3 is 5.32 Å². The Hall–Kier alpha value is -5.04. The van der Waals surface area contributed by atoms with E-state index in [-0.39, 0.29) is 16.8 Å². The summed E-state index contributed by atoms with van der Waals surface area (Å²) in [4.78, 5) is 25.4. The van der Waals surface area contributed by atoms with Crippen molar-refractivity contribution in [2.75, 3.05) is 11.6 Å². The van der Waals surface area contributed by atoms with Crippen molar-refractivity contribution in [3.05, 3.63) is 90.6 Å². The fourth-order valence-electron chi connectivity index (χ4n) is 3.91. The Balaban J connectivity index is 1.48. The number of nitrogens with one attached hydrogen (secondary N) is 1. The number of anilines is 1. The number of hydrogen-bond acceptors (Lipinski definition) is 8. The number of aromatic nitrogens is 7. The van der Waals surface area contributed by atoms with Crippen molar-refractivity contribution in [3.8, 4) is 22.6 Å². The zero-order valence-corrected chi connectivity index (χ0v) is 20.5. The van der Waals surface area contributed by atoms with Crippen LogP contribution < -0.4 is 5.32 Å². The van der Waals surface area contributed by atoms with Crippen molar-refractivity contribution in [1.82, 2.24) is 34.2 Å². The smallest absolute Gasteiger partial charge is 0.256 e. The number of hydrogen-bond donors (Lipinski definition) is 1. The highest BCUT2D eigenvalue weighted by atomic mass is 32.2. The van der Waals surface area contributed by atoms with Gasteiger partial charge in [0.25, 0.3) is 5.91 Å². The van der Waals surface area contributed by atoms with Gasteiger partial charge in [-0.05, 0) is 60.7 Å². The van der Waals surface area contributed by atoms with Gasteiger partial charge in [0, 0.05) is 29.8 Å². The number of benzene rings is 1. The molecule has 38 heavy (non-hydrogen) atoms.